The zero-order valence-electron chi connectivity index (χ0n) is 42.7. The first kappa shape index (κ1) is 57.1. The molecule has 5 amide bonds. The number of fused-ring (bicyclic) bond motifs is 1. The number of alkyl halides is 3. The lowest BCUT2D eigenvalue weighted by atomic mass is 9.75. The van der Waals surface area contributed by atoms with Crippen LogP contribution < -0.4 is 36.9 Å². The van der Waals surface area contributed by atoms with Gasteiger partial charge in [0.2, 0.25) is 35.5 Å². The van der Waals surface area contributed by atoms with E-state index in [1.54, 1.807) is 26.8 Å². The highest BCUT2D eigenvalue weighted by molar-refractivity contribution is 7.90. The van der Waals surface area contributed by atoms with Crippen LogP contribution in [0.25, 0.3) is 0 Å². The fourth-order valence-electron chi connectivity index (χ4n) is 10.4. The highest BCUT2D eigenvalue weighted by Crippen LogP contribution is 2.44. The number of carbonyl (C=O) groups excluding carboxylic acids is 5. The number of hydrogen-bond donors (Lipinski definition) is 7. The number of carboxylic acid groups (broad SMARTS) is 1. The van der Waals surface area contributed by atoms with Crippen molar-refractivity contribution in [3.63, 3.8) is 0 Å². The second-order valence-electron chi connectivity index (χ2n) is 20.5. The summed E-state index contributed by atoms with van der Waals surface area (Å²) in [6, 6.07) is -1.69. The predicted octanol–water partition coefficient (Wildman–Crippen LogP) is 3.72. The molecule has 2 aromatic carbocycles. The van der Waals surface area contributed by atoms with Crippen LogP contribution in [0.4, 0.5) is 13.2 Å². The van der Waals surface area contributed by atoms with E-state index >= 15 is 0 Å². The fraction of sp³-hybridized carbons (Fsp3) is 0.588. The maximum absolute atomic E-state index is 14.4. The molecule has 4 aliphatic rings. The largest absolute Gasteiger partial charge is 0.487 e. The summed E-state index contributed by atoms with van der Waals surface area (Å²) in [4.78, 5) is 89.5. The van der Waals surface area contributed by atoms with Crippen LogP contribution >= 0.6 is 0 Å². The molecule has 3 heterocycles. The number of aliphatic carboxylic acids is 1. The van der Waals surface area contributed by atoms with Gasteiger partial charge in [-0.05, 0) is 140 Å². The van der Waals surface area contributed by atoms with Crippen molar-refractivity contribution in [1.29, 1.82) is 0 Å². The molecule has 0 aromatic heterocycles. The average molecular weight is 1060 g/mol. The lowest BCUT2D eigenvalue weighted by Gasteiger charge is -2.43. The first-order chi connectivity index (χ1) is 34.7. The molecular formula is C51H70F3N9O10S. The normalized spacial score (nSPS) is 20.3. The summed E-state index contributed by atoms with van der Waals surface area (Å²) < 4.78 is 77.2. The number of halogens is 3. The van der Waals surface area contributed by atoms with Gasteiger partial charge in [0, 0.05) is 38.0 Å². The van der Waals surface area contributed by atoms with Gasteiger partial charge in [0.25, 0.3) is 10.0 Å². The summed E-state index contributed by atoms with van der Waals surface area (Å²) in [6.07, 6.45) is 0.372. The van der Waals surface area contributed by atoms with Gasteiger partial charge in [-0.3, -0.25) is 29.0 Å². The van der Waals surface area contributed by atoms with E-state index in [2.05, 4.69) is 32.2 Å². The van der Waals surface area contributed by atoms with Gasteiger partial charge < -0.3 is 47.1 Å². The first-order valence-corrected chi connectivity index (χ1v) is 26.6. The Kier molecular flexibility index (Phi) is 17.8. The number of ether oxygens (including phenoxy) is 1. The molecule has 3 fully saturated rings. The van der Waals surface area contributed by atoms with E-state index in [9.17, 15) is 55.5 Å². The molecule has 406 valence electrons. The number of aliphatic imine (C=N–C) groups is 1. The van der Waals surface area contributed by atoms with Crippen molar-refractivity contribution in [3.05, 3.63) is 70.3 Å². The van der Waals surface area contributed by atoms with E-state index in [1.165, 1.54) is 21.9 Å². The molecule has 0 unspecified atom stereocenters. The van der Waals surface area contributed by atoms with Crippen LogP contribution in [-0.4, -0.2) is 126 Å². The van der Waals surface area contributed by atoms with E-state index in [1.807, 2.05) is 13.8 Å². The zero-order chi connectivity index (χ0) is 54.5. The quantitative estimate of drug-likeness (QED) is 0.0408. The second kappa shape index (κ2) is 23.1. The third kappa shape index (κ3) is 13.0. The van der Waals surface area contributed by atoms with Crippen molar-refractivity contribution in [2.45, 2.75) is 177 Å². The van der Waals surface area contributed by atoms with Crippen molar-refractivity contribution in [2.24, 2.45) is 16.5 Å². The number of nitrogens with zero attached hydrogens (tertiary/aromatic N) is 3. The number of amides is 5. The Morgan fingerprint density at radius 1 is 0.932 bits per heavy atom. The van der Waals surface area contributed by atoms with E-state index in [0.717, 1.165) is 17.7 Å². The van der Waals surface area contributed by atoms with Crippen molar-refractivity contribution in [1.82, 2.24) is 30.5 Å². The summed E-state index contributed by atoms with van der Waals surface area (Å²) in [5, 5.41) is 18.2. The van der Waals surface area contributed by atoms with E-state index < -0.39 is 105 Å². The van der Waals surface area contributed by atoms with Crippen LogP contribution in [0.15, 0.2) is 46.8 Å². The maximum Gasteiger partial charge on any atom is 0.416 e. The maximum atomic E-state index is 14.4. The topological polar surface area (TPSA) is 285 Å². The van der Waals surface area contributed by atoms with Crippen molar-refractivity contribution in [2.75, 3.05) is 19.6 Å². The Hall–Kier alpha value is -6.23. The van der Waals surface area contributed by atoms with Gasteiger partial charge in [-0.15, -0.1) is 6.58 Å². The molecule has 9 N–H and O–H groups in total. The van der Waals surface area contributed by atoms with E-state index in [4.69, 9.17) is 16.2 Å². The molecule has 3 aliphatic heterocycles. The minimum Gasteiger partial charge on any atom is -0.487 e. The van der Waals surface area contributed by atoms with Crippen LogP contribution in [-0.2, 0) is 57.8 Å². The minimum atomic E-state index is -4.68. The lowest BCUT2D eigenvalue weighted by Crippen LogP contribution is -2.67. The first-order valence-electron chi connectivity index (χ1n) is 25.1. The number of sulfonamides is 1. The molecule has 6 rings (SSSR count). The van der Waals surface area contributed by atoms with Crippen LogP contribution in [0.3, 0.4) is 0 Å². The van der Waals surface area contributed by atoms with Gasteiger partial charge in [-0.25, -0.2) is 17.9 Å². The number of benzene rings is 2. The molecule has 23 heteroatoms. The number of nitrogens with two attached hydrogens (primary N) is 2. The summed E-state index contributed by atoms with van der Waals surface area (Å²) in [5.41, 5.74) is 11.9. The lowest BCUT2D eigenvalue weighted by molar-refractivity contribution is -0.150. The summed E-state index contributed by atoms with van der Waals surface area (Å²) in [6.45, 7) is 12.7. The molecule has 0 spiro atoms. The average Bonchev–Trinajstić information content (AvgIpc) is 4.09. The van der Waals surface area contributed by atoms with Gasteiger partial charge in [0.1, 0.15) is 41.1 Å². The SMILES string of the molecule is C=CCCC[C@H](N)C(=O)N[C@@H](Cc1cccc(C(F)(F)F)c1)C(=O)N1CCC[C@H]1C(=O)NC1(C(=O)N[C@@H](CCCN=C(N)NS(=O)(=O)c2c(C)c(C)c3c(c2C)CC(C)(C)O3)C(=O)N2CCC[C@H]2C(=O)O)CCC1. The predicted molar refractivity (Wildman–Crippen MR) is 268 cm³/mol. The van der Waals surface area contributed by atoms with Gasteiger partial charge in [-0.2, -0.15) is 13.2 Å². The molecule has 1 saturated carbocycles. The monoisotopic (exact) mass is 1060 g/mol. The molecule has 2 aromatic rings. The van der Waals surface area contributed by atoms with Gasteiger partial charge >= 0.3 is 12.1 Å². The zero-order valence-corrected chi connectivity index (χ0v) is 43.5. The third-order valence-corrected chi connectivity index (χ3v) is 16.2. The van der Waals surface area contributed by atoms with Crippen LogP contribution in [0.5, 0.6) is 5.75 Å². The van der Waals surface area contributed by atoms with Crippen LogP contribution in [0, 0.1) is 20.8 Å². The molecule has 19 nitrogen and oxygen atoms in total. The molecule has 0 bridgehead atoms. The molecule has 0 radical (unpaired) electrons. The Morgan fingerprint density at radius 2 is 1.58 bits per heavy atom. The van der Waals surface area contributed by atoms with E-state index in [-0.39, 0.29) is 81.5 Å². The number of likely N-dealkylation sites (tertiary alicyclic amines) is 2. The van der Waals surface area contributed by atoms with E-state index in [0.29, 0.717) is 61.0 Å². The number of carbonyl (C=O) groups is 6. The summed E-state index contributed by atoms with van der Waals surface area (Å²) in [7, 11) is -4.23. The fourth-order valence-corrected chi connectivity index (χ4v) is 11.9. The van der Waals surface area contributed by atoms with Gasteiger partial charge in [0.15, 0.2) is 0 Å². The van der Waals surface area contributed by atoms with Gasteiger partial charge in [0.05, 0.1) is 16.5 Å². The third-order valence-electron chi connectivity index (χ3n) is 14.6. The standard InChI is InChI=1S/C51H70F3N9O10S/c1-7-8-9-17-35(55)42(64)58-37(27-32-15-10-16-33(26-32)51(52,53)54)45(67)62-24-12-19-38(62)43(65)60-50(21-14-22-50)47(70)59-36(44(66)63-25-13-20-39(63)46(68)69)18-11-23-57-48(56)61-74(71,72)41-30(3)29(2)40-34(31(41)4)28-49(5,6)73-40/h7,10,15-16,26,35-39H,1,8-9,11-14,17-25,27-28,55H2,2-6H3,(H,58,64)(H,59,70)(H,60,65)(H,68,69)(H3,56,57,61)/t35-,36-,37-,38-,39-/m0/s1. The number of carboxylic acids is 1. The highest BCUT2D eigenvalue weighted by Gasteiger charge is 2.50. The van der Waals surface area contributed by atoms with Crippen molar-refractivity contribution in [3.8, 4) is 5.75 Å². The Balaban J connectivity index is 1.16. The number of guanidine groups is 1. The smallest absolute Gasteiger partial charge is 0.416 e. The number of rotatable bonds is 21. The van der Waals surface area contributed by atoms with Gasteiger partial charge in [-0.1, -0.05) is 24.3 Å². The number of unbranched alkanes of at least 4 members (excludes halogenated alkanes) is 1. The Morgan fingerprint density at radius 3 is 2.20 bits per heavy atom. The number of hydrogen-bond acceptors (Lipinski definition) is 11. The number of nitrogens with one attached hydrogen (secondary N) is 4. The van der Waals surface area contributed by atoms with Crippen molar-refractivity contribution < 1.29 is 60.2 Å². The Labute approximate surface area is 429 Å². The van der Waals surface area contributed by atoms with Crippen LogP contribution in [0.2, 0.25) is 0 Å². The Bertz CT molecular complexity index is 2660. The molecule has 1 aliphatic carbocycles. The molecule has 74 heavy (non-hydrogen) atoms. The van der Waals surface area contributed by atoms with Crippen LogP contribution in [0.1, 0.15) is 124 Å². The van der Waals surface area contributed by atoms with Crippen molar-refractivity contribution >= 4 is 51.5 Å². The summed E-state index contributed by atoms with van der Waals surface area (Å²) >= 11 is 0. The number of allylic oxidation sites excluding steroid dienone is 1. The highest BCUT2D eigenvalue weighted by atomic mass is 32.2. The molecular weight excluding hydrogens is 988 g/mol. The second-order valence-corrected chi connectivity index (χ2v) is 22.1. The minimum absolute atomic E-state index is 0.0578. The molecule has 2 saturated heterocycles. The molecule has 5 atom stereocenters. The summed E-state index contributed by atoms with van der Waals surface area (Å²) in [5.74, 6) is -4.51.